The topological polar surface area (TPSA) is 88.6 Å². The van der Waals surface area contributed by atoms with Gasteiger partial charge in [0.1, 0.15) is 24.5 Å². The van der Waals surface area contributed by atoms with Gasteiger partial charge in [-0.05, 0) is 25.1 Å². The zero-order chi connectivity index (χ0) is 26.2. The third-order valence-corrected chi connectivity index (χ3v) is 4.96. The fourth-order valence-corrected chi connectivity index (χ4v) is 3.34. The quantitative estimate of drug-likeness (QED) is 0.241. The van der Waals surface area contributed by atoms with Crippen LogP contribution >= 0.6 is 0 Å². The standard InChI is InChI=1S/C25H24F3N5O3/c1-5-15-8-7-9-17(22(15)26)31-23-16-12-19(32-24(34)20(6-2)33(3)4)21(13-18(16)29-14-30-23)35-10-11-36-25(27)28/h1,6-9,12-14,25H,10-11H2,2-4H3,(H,32,34)(H,29,30,31)/b20-6+. The predicted octanol–water partition coefficient (Wildman–Crippen LogP) is 4.52. The normalized spacial score (nSPS) is 11.3. The summed E-state index contributed by atoms with van der Waals surface area (Å²) in [6.45, 7) is -1.80. The molecule has 0 atom stereocenters. The van der Waals surface area contributed by atoms with Crippen LogP contribution in [0.3, 0.4) is 0 Å². The number of terminal acetylenes is 1. The van der Waals surface area contributed by atoms with E-state index in [1.54, 1.807) is 44.1 Å². The third-order valence-electron chi connectivity index (χ3n) is 4.96. The molecule has 0 bridgehead atoms. The lowest BCUT2D eigenvalue weighted by Crippen LogP contribution is -2.25. The Hall–Kier alpha value is -4.30. The average Bonchev–Trinajstić information content (AvgIpc) is 2.83. The van der Waals surface area contributed by atoms with E-state index in [4.69, 9.17) is 11.2 Å². The number of halogens is 3. The molecule has 0 spiro atoms. The zero-order valence-corrected chi connectivity index (χ0v) is 19.8. The minimum Gasteiger partial charge on any atom is -0.489 e. The SMILES string of the molecule is C#Cc1cccc(Nc2ncnc3cc(OCCOC(F)F)c(NC(=O)/C(=C\C)N(C)C)cc23)c1F. The molecule has 188 valence electrons. The van der Waals surface area contributed by atoms with Crippen LogP contribution in [0.2, 0.25) is 0 Å². The van der Waals surface area contributed by atoms with Crippen LogP contribution in [-0.2, 0) is 9.53 Å². The second kappa shape index (κ2) is 11.9. The van der Waals surface area contributed by atoms with Crippen molar-refractivity contribution >= 4 is 34.0 Å². The van der Waals surface area contributed by atoms with Gasteiger partial charge in [0.2, 0.25) is 0 Å². The predicted molar refractivity (Wildman–Crippen MR) is 131 cm³/mol. The summed E-state index contributed by atoms with van der Waals surface area (Å²) in [5, 5.41) is 6.10. The number of carbonyl (C=O) groups excluding carboxylic acids is 1. The molecule has 1 amide bonds. The van der Waals surface area contributed by atoms with E-state index in [1.807, 2.05) is 0 Å². The molecule has 2 N–H and O–H groups in total. The molecule has 0 aliphatic carbocycles. The molecule has 1 aromatic heterocycles. The maximum absolute atomic E-state index is 14.7. The first-order chi connectivity index (χ1) is 17.2. The highest BCUT2D eigenvalue weighted by Crippen LogP contribution is 2.34. The number of carbonyl (C=O) groups is 1. The van der Waals surface area contributed by atoms with E-state index in [9.17, 15) is 18.0 Å². The van der Waals surface area contributed by atoms with Crippen molar-refractivity contribution in [2.24, 2.45) is 0 Å². The van der Waals surface area contributed by atoms with E-state index in [-0.39, 0.29) is 41.7 Å². The maximum Gasteiger partial charge on any atom is 0.345 e. The molecular weight excluding hydrogens is 475 g/mol. The van der Waals surface area contributed by atoms with Crippen LogP contribution < -0.4 is 15.4 Å². The first-order valence-electron chi connectivity index (χ1n) is 10.7. The van der Waals surface area contributed by atoms with Gasteiger partial charge in [0.05, 0.1) is 34.8 Å². The maximum atomic E-state index is 14.7. The van der Waals surface area contributed by atoms with Gasteiger partial charge in [-0.15, -0.1) is 6.42 Å². The number of ether oxygens (including phenoxy) is 2. The number of amides is 1. The van der Waals surface area contributed by atoms with Gasteiger partial charge in [-0.3, -0.25) is 4.79 Å². The highest BCUT2D eigenvalue weighted by molar-refractivity contribution is 6.06. The largest absolute Gasteiger partial charge is 0.489 e. The molecule has 36 heavy (non-hydrogen) atoms. The van der Waals surface area contributed by atoms with Crippen molar-refractivity contribution < 1.29 is 27.4 Å². The van der Waals surface area contributed by atoms with Crippen molar-refractivity contribution in [1.29, 1.82) is 0 Å². The van der Waals surface area contributed by atoms with E-state index >= 15 is 0 Å². The highest BCUT2D eigenvalue weighted by atomic mass is 19.3. The van der Waals surface area contributed by atoms with E-state index in [1.165, 1.54) is 24.5 Å². The van der Waals surface area contributed by atoms with Crippen LogP contribution in [0.5, 0.6) is 5.75 Å². The lowest BCUT2D eigenvalue weighted by Gasteiger charge is -2.19. The molecule has 0 aliphatic heterocycles. The van der Waals surface area contributed by atoms with E-state index in [0.29, 0.717) is 16.6 Å². The molecule has 0 fully saturated rings. The minimum absolute atomic E-state index is 0.0792. The number of rotatable bonds is 10. The van der Waals surface area contributed by atoms with Gasteiger partial charge in [0, 0.05) is 25.5 Å². The molecule has 8 nitrogen and oxygen atoms in total. The molecule has 0 unspecified atom stereocenters. The molecule has 0 saturated carbocycles. The van der Waals surface area contributed by atoms with Crippen molar-refractivity contribution in [3.63, 3.8) is 0 Å². The summed E-state index contributed by atoms with van der Waals surface area (Å²) in [5.74, 6) is 1.64. The number of anilines is 3. The number of likely N-dealkylation sites (N-methyl/N-ethyl adjacent to an activating group) is 1. The second-order valence-corrected chi connectivity index (χ2v) is 7.53. The average molecular weight is 499 g/mol. The number of alkyl halides is 2. The third kappa shape index (κ3) is 6.22. The van der Waals surface area contributed by atoms with E-state index in [2.05, 4.69) is 31.3 Å². The number of hydrogen-bond acceptors (Lipinski definition) is 7. The summed E-state index contributed by atoms with van der Waals surface area (Å²) < 4.78 is 49.2. The van der Waals surface area contributed by atoms with E-state index < -0.39 is 18.3 Å². The molecule has 3 rings (SSSR count). The van der Waals surface area contributed by atoms with E-state index in [0.717, 1.165) is 0 Å². The monoisotopic (exact) mass is 499 g/mol. The molecule has 2 aromatic carbocycles. The Morgan fingerprint density at radius 3 is 2.67 bits per heavy atom. The molecule has 0 aliphatic rings. The van der Waals surface area contributed by atoms with Gasteiger partial charge in [0.15, 0.2) is 5.82 Å². The lowest BCUT2D eigenvalue weighted by atomic mass is 10.1. The lowest BCUT2D eigenvalue weighted by molar-refractivity contribution is -0.133. The fourth-order valence-electron chi connectivity index (χ4n) is 3.34. The molecule has 0 saturated heterocycles. The van der Waals surface area contributed by atoms with Crippen molar-refractivity contribution in [1.82, 2.24) is 14.9 Å². The van der Waals surface area contributed by atoms with Crippen molar-refractivity contribution in [2.75, 3.05) is 37.9 Å². The number of aromatic nitrogens is 2. The van der Waals surface area contributed by atoms with Crippen LogP contribution in [0, 0.1) is 18.2 Å². The molecule has 11 heteroatoms. The number of fused-ring (bicyclic) bond motifs is 1. The summed E-state index contributed by atoms with van der Waals surface area (Å²) >= 11 is 0. The Kier molecular flexibility index (Phi) is 8.70. The van der Waals surface area contributed by atoms with Crippen molar-refractivity contribution in [2.45, 2.75) is 13.5 Å². The second-order valence-electron chi connectivity index (χ2n) is 7.53. The molecule has 0 radical (unpaired) electrons. The Morgan fingerprint density at radius 2 is 2.00 bits per heavy atom. The number of hydrogen-bond donors (Lipinski definition) is 2. The Morgan fingerprint density at radius 1 is 1.22 bits per heavy atom. The molecular formula is C25H24F3N5O3. The Bertz CT molecular complexity index is 1320. The van der Waals surface area contributed by atoms with Gasteiger partial charge < -0.3 is 25.0 Å². The van der Waals surface area contributed by atoms with Gasteiger partial charge >= 0.3 is 6.61 Å². The van der Waals surface area contributed by atoms with Gasteiger partial charge in [-0.2, -0.15) is 8.78 Å². The van der Waals surface area contributed by atoms with Crippen LogP contribution in [0.4, 0.5) is 30.4 Å². The molecule has 3 aromatic rings. The first-order valence-corrected chi connectivity index (χ1v) is 10.7. The van der Waals surface area contributed by atoms with Gasteiger partial charge in [-0.25, -0.2) is 14.4 Å². The molecule has 1 heterocycles. The number of nitrogens with one attached hydrogen (secondary N) is 2. The summed E-state index contributed by atoms with van der Waals surface area (Å²) in [5.41, 5.74) is 1.17. The summed E-state index contributed by atoms with van der Waals surface area (Å²) in [7, 11) is 3.42. The Labute approximate surface area is 206 Å². The fraction of sp³-hybridized carbons (Fsp3) is 0.240. The summed E-state index contributed by atoms with van der Waals surface area (Å²) in [6, 6.07) is 7.63. The first kappa shape index (κ1) is 26.3. The number of nitrogens with zero attached hydrogens (tertiary/aromatic N) is 3. The summed E-state index contributed by atoms with van der Waals surface area (Å²) in [6.07, 6.45) is 8.25. The van der Waals surface area contributed by atoms with Crippen LogP contribution in [0.1, 0.15) is 12.5 Å². The van der Waals surface area contributed by atoms with Crippen LogP contribution in [-0.4, -0.2) is 54.7 Å². The van der Waals surface area contributed by atoms with Gasteiger partial charge in [0.25, 0.3) is 5.91 Å². The van der Waals surface area contributed by atoms with Crippen molar-refractivity contribution in [3.8, 4) is 18.1 Å². The number of allylic oxidation sites excluding steroid dienone is 1. The van der Waals surface area contributed by atoms with Crippen LogP contribution in [0.15, 0.2) is 48.4 Å². The highest BCUT2D eigenvalue weighted by Gasteiger charge is 2.18. The van der Waals surface area contributed by atoms with Gasteiger partial charge in [-0.1, -0.05) is 18.1 Å². The number of benzene rings is 2. The summed E-state index contributed by atoms with van der Waals surface area (Å²) in [4.78, 5) is 22.9. The zero-order valence-electron chi connectivity index (χ0n) is 19.8. The van der Waals surface area contributed by atoms with Crippen molar-refractivity contribution in [3.05, 3.63) is 59.8 Å². The van der Waals surface area contributed by atoms with Crippen LogP contribution in [0.25, 0.3) is 10.9 Å². The smallest absolute Gasteiger partial charge is 0.345 e. The Balaban J connectivity index is 2.03. The minimum atomic E-state index is -2.93.